The molecule has 1 rings (SSSR count). The van der Waals surface area contributed by atoms with Crippen molar-refractivity contribution in [2.75, 3.05) is 0 Å². The molecule has 0 heterocycles. The van der Waals surface area contributed by atoms with E-state index in [0.29, 0.717) is 12.3 Å². The quantitative estimate of drug-likeness (QED) is 0.337. The predicted octanol–water partition coefficient (Wildman–Crippen LogP) is 5.42. The molecule has 0 bridgehead atoms. The number of ether oxygens (including phenoxy) is 1. The molecule has 0 aliphatic heterocycles. The zero-order valence-corrected chi connectivity index (χ0v) is 13.8. The molecule has 0 amide bonds. The van der Waals surface area contributed by atoms with Crippen molar-refractivity contribution in [3.05, 3.63) is 11.6 Å². The molecule has 1 aliphatic carbocycles. The summed E-state index contributed by atoms with van der Waals surface area (Å²) in [4.78, 5) is 12.0. The Labute approximate surface area is 125 Å². The maximum Gasteiger partial charge on any atom is 0.306 e. The van der Waals surface area contributed by atoms with Gasteiger partial charge in [0.2, 0.25) is 0 Å². The first-order chi connectivity index (χ1) is 9.45. The van der Waals surface area contributed by atoms with E-state index in [2.05, 4.69) is 33.8 Å². The van der Waals surface area contributed by atoms with E-state index in [9.17, 15) is 4.79 Å². The Morgan fingerprint density at radius 1 is 1.30 bits per heavy atom. The molecule has 2 heteroatoms. The lowest BCUT2D eigenvalue weighted by Crippen LogP contribution is -2.37. The molecule has 116 valence electrons. The van der Waals surface area contributed by atoms with Crippen molar-refractivity contribution >= 4 is 5.97 Å². The molecule has 1 aliphatic rings. The van der Waals surface area contributed by atoms with E-state index >= 15 is 0 Å². The minimum absolute atomic E-state index is 0.0160. The third kappa shape index (κ3) is 6.11. The van der Waals surface area contributed by atoms with E-state index in [4.69, 9.17) is 4.74 Å². The average molecular weight is 280 g/mol. The second-order valence-corrected chi connectivity index (χ2v) is 6.76. The van der Waals surface area contributed by atoms with Gasteiger partial charge in [-0.25, -0.2) is 0 Å². The molecule has 0 spiro atoms. The first-order valence-corrected chi connectivity index (χ1v) is 8.33. The van der Waals surface area contributed by atoms with Crippen LogP contribution in [0.2, 0.25) is 0 Å². The van der Waals surface area contributed by atoms with Gasteiger partial charge in [0.05, 0.1) is 0 Å². The van der Waals surface area contributed by atoms with Gasteiger partial charge in [0.25, 0.3) is 0 Å². The Morgan fingerprint density at radius 3 is 2.60 bits per heavy atom. The fourth-order valence-corrected chi connectivity index (χ4v) is 2.90. The second kappa shape index (κ2) is 8.49. The fourth-order valence-electron chi connectivity index (χ4n) is 2.90. The molecule has 0 aromatic rings. The standard InChI is InChI=1S/C18H32O2/c1-5-6-7-8-9-10-17(19)20-18(3,4)16-13-11-15(2)12-14-16/h11,16H,5-10,12-14H2,1-4H3. The first-order valence-electron chi connectivity index (χ1n) is 8.33. The summed E-state index contributed by atoms with van der Waals surface area (Å²) < 4.78 is 5.75. The minimum Gasteiger partial charge on any atom is -0.459 e. The summed E-state index contributed by atoms with van der Waals surface area (Å²) in [5, 5.41) is 0. The number of unbranched alkanes of at least 4 members (excludes halogenated alkanes) is 4. The van der Waals surface area contributed by atoms with Crippen LogP contribution in [-0.2, 0) is 9.53 Å². The highest BCUT2D eigenvalue weighted by Gasteiger charge is 2.33. The second-order valence-electron chi connectivity index (χ2n) is 6.76. The summed E-state index contributed by atoms with van der Waals surface area (Å²) in [7, 11) is 0. The minimum atomic E-state index is -0.322. The van der Waals surface area contributed by atoms with Crippen LogP contribution < -0.4 is 0 Å². The maximum atomic E-state index is 12.0. The van der Waals surface area contributed by atoms with E-state index in [-0.39, 0.29) is 11.6 Å². The monoisotopic (exact) mass is 280 g/mol. The smallest absolute Gasteiger partial charge is 0.306 e. The number of allylic oxidation sites excluding steroid dienone is 2. The van der Waals surface area contributed by atoms with Crippen LogP contribution in [-0.4, -0.2) is 11.6 Å². The third-order valence-electron chi connectivity index (χ3n) is 4.48. The maximum absolute atomic E-state index is 12.0. The van der Waals surface area contributed by atoms with Crippen molar-refractivity contribution in [1.29, 1.82) is 0 Å². The average Bonchev–Trinajstić information content (AvgIpc) is 2.38. The molecule has 1 atom stereocenters. The van der Waals surface area contributed by atoms with Gasteiger partial charge in [-0.05, 0) is 46.5 Å². The molecular formula is C18H32O2. The molecule has 20 heavy (non-hydrogen) atoms. The van der Waals surface area contributed by atoms with Crippen LogP contribution in [0.3, 0.4) is 0 Å². The van der Waals surface area contributed by atoms with Gasteiger partial charge < -0.3 is 4.74 Å². The van der Waals surface area contributed by atoms with Crippen molar-refractivity contribution in [2.45, 2.75) is 91.1 Å². The number of carbonyl (C=O) groups is 1. The van der Waals surface area contributed by atoms with E-state index in [1.165, 1.54) is 24.8 Å². The SMILES string of the molecule is CCCCCCCC(=O)OC(C)(C)C1CC=C(C)CC1. The number of esters is 1. The summed E-state index contributed by atoms with van der Waals surface area (Å²) >= 11 is 0. The van der Waals surface area contributed by atoms with Crippen LogP contribution in [0.1, 0.15) is 85.5 Å². The topological polar surface area (TPSA) is 26.3 Å². The normalized spacial score (nSPS) is 19.6. The lowest BCUT2D eigenvalue weighted by atomic mass is 9.79. The Morgan fingerprint density at radius 2 is 2.00 bits per heavy atom. The Balaban J connectivity index is 2.28. The molecular weight excluding hydrogens is 248 g/mol. The molecule has 0 saturated carbocycles. The highest BCUT2D eigenvalue weighted by Crippen LogP contribution is 2.34. The van der Waals surface area contributed by atoms with Crippen LogP contribution in [0, 0.1) is 5.92 Å². The summed E-state index contributed by atoms with van der Waals surface area (Å²) in [6.07, 6.45) is 12.1. The Bertz CT molecular complexity index is 328. The van der Waals surface area contributed by atoms with E-state index < -0.39 is 0 Å². The van der Waals surface area contributed by atoms with Gasteiger partial charge >= 0.3 is 5.97 Å². The van der Waals surface area contributed by atoms with Gasteiger partial charge in [-0.15, -0.1) is 0 Å². The Kier molecular flexibility index (Phi) is 7.32. The molecule has 0 fully saturated rings. The van der Waals surface area contributed by atoms with Crippen molar-refractivity contribution in [3.8, 4) is 0 Å². The number of hydrogen-bond acceptors (Lipinski definition) is 2. The lowest BCUT2D eigenvalue weighted by Gasteiger charge is -2.35. The molecule has 0 radical (unpaired) electrons. The van der Waals surface area contributed by atoms with Gasteiger partial charge in [0.15, 0.2) is 0 Å². The first kappa shape index (κ1) is 17.3. The largest absolute Gasteiger partial charge is 0.459 e. The molecule has 2 nitrogen and oxygen atoms in total. The van der Waals surface area contributed by atoms with Crippen LogP contribution in [0.4, 0.5) is 0 Å². The fraction of sp³-hybridized carbons (Fsp3) is 0.833. The molecule has 0 aromatic heterocycles. The Hall–Kier alpha value is -0.790. The highest BCUT2D eigenvalue weighted by atomic mass is 16.6. The number of hydrogen-bond donors (Lipinski definition) is 0. The van der Waals surface area contributed by atoms with Crippen molar-refractivity contribution < 1.29 is 9.53 Å². The van der Waals surface area contributed by atoms with E-state index in [1.807, 2.05) is 0 Å². The molecule has 0 aromatic carbocycles. The van der Waals surface area contributed by atoms with Gasteiger partial charge in [-0.3, -0.25) is 4.79 Å². The van der Waals surface area contributed by atoms with Gasteiger partial charge in [-0.1, -0.05) is 44.3 Å². The van der Waals surface area contributed by atoms with Crippen molar-refractivity contribution in [3.63, 3.8) is 0 Å². The van der Waals surface area contributed by atoms with Crippen molar-refractivity contribution in [2.24, 2.45) is 5.92 Å². The van der Waals surface area contributed by atoms with E-state index in [0.717, 1.165) is 32.1 Å². The molecule has 1 unspecified atom stereocenters. The lowest BCUT2D eigenvalue weighted by molar-refractivity contribution is -0.162. The van der Waals surface area contributed by atoms with Crippen LogP contribution in [0.5, 0.6) is 0 Å². The zero-order chi connectivity index (χ0) is 15.0. The van der Waals surface area contributed by atoms with Gasteiger partial charge in [0, 0.05) is 12.3 Å². The van der Waals surface area contributed by atoms with Crippen LogP contribution >= 0.6 is 0 Å². The van der Waals surface area contributed by atoms with Gasteiger partial charge in [-0.2, -0.15) is 0 Å². The predicted molar refractivity (Wildman–Crippen MR) is 84.6 cm³/mol. The molecule has 0 N–H and O–H groups in total. The van der Waals surface area contributed by atoms with E-state index in [1.54, 1.807) is 0 Å². The van der Waals surface area contributed by atoms with Crippen LogP contribution in [0.25, 0.3) is 0 Å². The number of carbonyl (C=O) groups excluding carboxylic acids is 1. The summed E-state index contributed by atoms with van der Waals surface area (Å²) in [5.74, 6) is 0.452. The highest BCUT2D eigenvalue weighted by molar-refractivity contribution is 5.69. The third-order valence-corrected chi connectivity index (χ3v) is 4.48. The van der Waals surface area contributed by atoms with Crippen LogP contribution in [0.15, 0.2) is 11.6 Å². The zero-order valence-electron chi connectivity index (χ0n) is 13.8. The van der Waals surface area contributed by atoms with Crippen molar-refractivity contribution in [1.82, 2.24) is 0 Å². The molecule has 0 saturated heterocycles. The van der Waals surface area contributed by atoms with Gasteiger partial charge in [0.1, 0.15) is 5.60 Å². The summed E-state index contributed by atoms with van der Waals surface area (Å²) in [6, 6.07) is 0. The summed E-state index contributed by atoms with van der Waals surface area (Å²) in [5.41, 5.74) is 1.15. The number of rotatable bonds is 8. The summed E-state index contributed by atoms with van der Waals surface area (Å²) in [6.45, 7) is 8.53.